The molecule has 2 fully saturated rings. The van der Waals surface area contributed by atoms with Gasteiger partial charge in [-0.2, -0.15) is 40.1 Å². The van der Waals surface area contributed by atoms with Gasteiger partial charge in [0.2, 0.25) is 35.7 Å². The van der Waals surface area contributed by atoms with Crippen molar-refractivity contribution in [3.8, 4) is 0 Å². The van der Waals surface area contributed by atoms with E-state index in [0.717, 1.165) is 88.7 Å². The monoisotopic (exact) mass is 786 g/mol. The second-order valence-corrected chi connectivity index (χ2v) is 13.6. The van der Waals surface area contributed by atoms with E-state index in [1.54, 1.807) is 36.7 Å². The number of benzene rings is 3. The summed E-state index contributed by atoms with van der Waals surface area (Å²) in [6, 6.07) is 19.6. The molecule has 0 amide bonds. The number of anilines is 8. The second-order valence-electron chi connectivity index (χ2n) is 13.6. The smallest absolute Gasteiger partial charge is 0.269 e. The van der Waals surface area contributed by atoms with Crippen molar-refractivity contribution in [2.75, 3.05) is 57.5 Å². The van der Waals surface area contributed by atoms with Crippen LogP contribution in [0.2, 0.25) is 0 Å². The number of non-ortho nitro benzene ring substituents is 2. The number of hydrazone groups is 2. The van der Waals surface area contributed by atoms with Crippen LogP contribution in [0.5, 0.6) is 0 Å². The van der Waals surface area contributed by atoms with Crippen LogP contribution in [0.25, 0.3) is 0 Å². The first kappa shape index (κ1) is 38.9. The van der Waals surface area contributed by atoms with E-state index in [2.05, 4.69) is 71.4 Å². The van der Waals surface area contributed by atoms with Gasteiger partial charge in [0.25, 0.3) is 11.4 Å². The van der Waals surface area contributed by atoms with Gasteiger partial charge < -0.3 is 20.4 Å². The Hall–Kier alpha value is -7.38. The lowest BCUT2D eigenvalue weighted by Gasteiger charge is -2.21. The summed E-state index contributed by atoms with van der Waals surface area (Å²) >= 11 is 0. The maximum Gasteiger partial charge on any atom is 0.269 e. The SMILES string of the molecule is O=[N+]([O-])c1ccc(Nc2nc(N/N=C\c3ccc(/C=N\Nc4nc(Nc5ccc([N+](=O)[O-])cc5)nc(N5CCCCCC5)n4)cc3)nc(N3CCCCCC3)n2)cc1. The van der Waals surface area contributed by atoms with Crippen LogP contribution in [-0.4, -0.2) is 78.4 Å². The van der Waals surface area contributed by atoms with Gasteiger partial charge in [0.15, 0.2) is 0 Å². The Morgan fingerprint density at radius 2 is 0.828 bits per heavy atom. The zero-order valence-corrected chi connectivity index (χ0v) is 31.6. The van der Waals surface area contributed by atoms with Crippen molar-refractivity contribution < 1.29 is 9.85 Å². The van der Waals surface area contributed by atoms with E-state index < -0.39 is 9.85 Å². The van der Waals surface area contributed by atoms with E-state index in [-0.39, 0.29) is 35.2 Å². The van der Waals surface area contributed by atoms with Crippen LogP contribution in [0, 0.1) is 20.2 Å². The Morgan fingerprint density at radius 3 is 1.17 bits per heavy atom. The number of nitro benzene ring substituents is 2. The minimum Gasteiger partial charge on any atom is -0.341 e. The number of rotatable bonds is 14. The van der Waals surface area contributed by atoms with E-state index in [0.29, 0.717) is 23.3 Å². The largest absolute Gasteiger partial charge is 0.341 e. The minimum atomic E-state index is -0.448. The molecule has 0 spiro atoms. The summed E-state index contributed by atoms with van der Waals surface area (Å²) < 4.78 is 0. The first-order valence-electron chi connectivity index (χ1n) is 19.1. The first-order chi connectivity index (χ1) is 28.3. The summed E-state index contributed by atoms with van der Waals surface area (Å²) in [5, 5.41) is 37.2. The Labute approximate surface area is 333 Å². The number of hydrogen-bond acceptors (Lipinski definition) is 18. The van der Waals surface area contributed by atoms with Gasteiger partial charge in [0.05, 0.1) is 22.3 Å². The second kappa shape index (κ2) is 19.0. The molecule has 298 valence electrons. The van der Waals surface area contributed by atoms with Crippen molar-refractivity contribution >= 4 is 70.9 Å². The van der Waals surface area contributed by atoms with E-state index in [4.69, 9.17) is 0 Å². The number of nitro groups is 2. The molecule has 0 radical (unpaired) electrons. The van der Waals surface area contributed by atoms with Crippen LogP contribution >= 0.6 is 0 Å². The predicted molar refractivity (Wildman–Crippen MR) is 223 cm³/mol. The van der Waals surface area contributed by atoms with Crippen LogP contribution in [0.3, 0.4) is 0 Å². The highest BCUT2D eigenvalue weighted by Gasteiger charge is 2.18. The fourth-order valence-electron chi connectivity index (χ4n) is 6.35. The van der Waals surface area contributed by atoms with Gasteiger partial charge in [0.1, 0.15) is 0 Å². The van der Waals surface area contributed by atoms with Crippen molar-refractivity contribution in [3.05, 3.63) is 104 Å². The molecule has 2 aromatic heterocycles. The topological polar surface area (TPSA) is 243 Å². The molecule has 20 nitrogen and oxygen atoms in total. The summed E-state index contributed by atoms with van der Waals surface area (Å²) in [4.78, 5) is 53.1. The summed E-state index contributed by atoms with van der Waals surface area (Å²) in [5.74, 6) is 2.09. The standard InChI is InChI=1S/C38H42N16O4/c55-53(56)31-17-13-29(14-18-31)41-33-43-35(47-37(45-33)51-21-5-1-2-6-22-51)49-39-25-27-9-11-28(12-10-27)26-40-50-36-44-34(42-30-15-19-32(20-16-30)54(57)58)46-38(48-36)52-23-7-3-4-8-24-52/h9-20,25-26H,1-8,21-24H2,(H2,41,43,45,47,49)(H2,42,44,46,48,50)/b39-25-,40-26-. The fourth-order valence-corrected chi connectivity index (χ4v) is 6.35. The Kier molecular flexibility index (Phi) is 12.7. The summed E-state index contributed by atoms with van der Waals surface area (Å²) in [6.45, 7) is 3.30. The third-order valence-electron chi connectivity index (χ3n) is 9.39. The molecule has 4 N–H and O–H groups in total. The van der Waals surface area contributed by atoms with Gasteiger partial charge in [-0.3, -0.25) is 20.2 Å². The van der Waals surface area contributed by atoms with Crippen LogP contribution in [0.15, 0.2) is 83.0 Å². The summed E-state index contributed by atoms with van der Waals surface area (Å²) in [7, 11) is 0. The number of nitrogens with one attached hydrogen (secondary N) is 4. The molecule has 0 atom stereocenters. The molecule has 2 aliphatic heterocycles. The molecule has 58 heavy (non-hydrogen) atoms. The van der Waals surface area contributed by atoms with Crippen LogP contribution in [0.4, 0.5) is 58.4 Å². The van der Waals surface area contributed by atoms with Gasteiger partial charge in [-0.15, -0.1) is 0 Å². The highest BCUT2D eigenvalue weighted by molar-refractivity contribution is 5.84. The number of hydrogen-bond donors (Lipinski definition) is 4. The highest BCUT2D eigenvalue weighted by atomic mass is 16.6. The lowest BCUT2D eigenvalue weighted by Crippen LogP contribution is -2.26. The molecular formula is C38H42N16O4. The van der Waals surface area contributed by atoms with Crippen molar-refractivity contribution in [2.45, 2.75) is 51.4 Å². The molecule has 0 aliphatic carbocycles. The van der Waals surface area contributed by atoms with E-state index in [1.807, 2.05) is 24.3 Å². The number of nitrogens with zero attached hydrogens (tertiary/aromatic N) is 12. The summed E-state index contributed by atoms with van der Waals surface area (Å²) in [5.41, 5.74) is 8.64. The molecule has 0 bridgehead atoms. The van der Waals surface area contributed by atoms with Crippen LogP contribution < -0.4 is 31.3 Å². The quantitative estimate of drug-likeness (QED) is 0.0502. The Balaban J connectivity index is 1.01. The summed E-state index contributed by atoms with van der Waals surface area (Å²) in [6.07, 6.45) is 12.0. The molecule has 2 aliphatic rings. The minimum absolute atomic E-state index is 0.0111. The van der Waals surface area contributed by atoms with Crippen molar-refractivity contribution in [2.24, 2.45) is 10.2 Å². The third kappa shape index (κ3) is 10.9. The van der Waals surface area contributed by atoms with Gasteiger partial charge >= 0.3 is 0 Å². The van der Waals surface area contributed by atoms with Gasteiger partial charge in [0, 0.05) is 61.8 Å². The number of aromatic nitrogens is 6. The molecule has 7 rings (SSSR count). The molecule has 2 saturated heterocycles. The van der Waals surface area contributed by atoms with E-state index >= 15 is 0 Å². The zero-order chi connectivity index (χ0) is 40.1. The predicted octanol–water partition coefficient (Wildman–Crippen LogP) is 7.01. The molecule has 4 heterocycles. The molecule has 3 aromatic carbocycles. The lowest BCUT2D eigenvalue weighted by atomic mass is 10.2. The molecular weight excluding hydrogens is 745 g/mol. The van der Waals surface area contributed by atoms with E-state index in [1.165, 1.54) is 24.3 Å². The van der Waals surface area contributed by atoms with Crippen molar-refractivity contribution in [1.29, 1.82) is 0 Å². The lowest BCUT2D eigenvalue weighted by molar-refractivity contribution is -0.385. The van der Waals surface area contributed by atoms with Gasteiger partial charge in [-0.25, -0.2) is 10.9 Å². The Bertz CT molecular complexity index is 2060. The molecule has 5 aromatic rings. The maximum atomic E-state index is 11.1. The zero-order valence-electron chi connectivity index (χ0n) is 31.6. The highest BCUT2D eigenvalue weighted by Crippen LogP contribution is 2.24. The fraction of sp³-hybridized carbons (Fsp3) is 0.316. The molecule has 0 unspecified atom stereocenters. The molecule has 0 saturated carbocycles. The van der Waals surface area contributed by atoms with E-state index in [9.17, 15) is 20.2 Å². The van der Waals surface area contributed by atoms with Crippen molar-refractivity contribution in [1.82, 2.24) is 29.9 Å². The normalized spacial score (nSPS) is 14.8. The average Bonchev–Trinajstić information content (AvgIpc) is 3.69. The average molecular weight is 787 g/mol. The third-order valence-corrected chi connectivity index (χ3v) is 9.39. The van der Waals surface area contributed by atoms with Gasteiger partial charge in [-0.1, -0.05) is 49.9 Å². The van der Waals surface area contributed by atoms with Crippen LogP contribution in [-0.2, 0) is 0 Å². The van der Waals surface area contributed by atoms with Crippen LogP contribution in [0.1, 0.15) is 62.5 Å². The Morgan fingerprint density at radius 1 is 0.483 bits per heavy atom. The molecule has 20 heteroatoms. The maximum absolute atomic E-state index is 11.1. The first-order valence-corrected chi connectivity index (χ1v) is 19.1. The van der Waals surface area contributed by atoms with Crippen molar-refractivity contribution in [3.63, 3.8) is 0 Å². The van der Waals surface area contributed by atoms with Gasteiger partial charge in [-0.05, 0) is 61.1 Å².